The van der Waals surface area contributed by atoms with E-state index in [9.17, 15) is 106 Å². The Labute approximate surface area is 590 Å². The molecule has 6 fully saturated rings. The van der Waals surface area contributed by atoms with Crippen LogP contribution >= 0.6 is 0 Å². The number of carbonyl (C=O) groups is 5. The maximum absolute atomic E-state index is 14.8. The molecule has 6 heterocycles. The number of hydrogen-bond donors (Lipinski definition) is 16. The summed E-state index contributed by atoms with van der Waals surface area (Å²) in [6.45, 7) is -3.29. The van der Waals surface area contributed by atoms with E-state index in [1.807, 2.05) is 0 Å². The third kappa shape index (κ3) is 19.0. The summed E-state index contributed by atoms with van der Waals surface area (Å²) < 4.78 is 101. The Balaban J connectivity index is 1.19. The minimum Gasteiger partial charge on any atom is -0.508 e. The zero-order valence-electron chi connectivity index (χ0n) is 55.8. The molecule has 0 spiro atoms. The molecule has 576 valence electrons. The molecular formula is C66H84O38. The van der Waals surface area contributed by atoms with Gasteiger partial charge in [-0.3, -0.25) is 9.59 Å². The van der Waals surface area contributed by atoms with Crippen LogP contribution in [0.2, 0.25) is 0 Å². The molecule has 0 aromatic heterocycles. The van der Waals surface area contributed by atoms with Crippen molar-refractivity contribution in [3.8, 4) is 17.2 Å². The summed E-state index contributed by atoms with van der Waals surface area (Å²) in [4.78, 5) is 68.3. The van der Waals surface area contributed by atoms with Crippen molar-refractivity contribution in [2.45, 2.75) is 198 Å². The summed E-state index contributed by atoms with van der Waals surface area (Å²) in [5, 5.41) is 176. The van der Waals surface area contributed by atoms with Crippen LogP contribution in [0, 0.1) is 0 Å². The molecule has 9 rings (SSSR count). The number of esters is 5. The Morgan fingerprint density at radius 1 is 0.471 bits per heavy atom. The number of aliphatic hydroxyl groups excluding tert-OH is 15. The first-order valence-electron chi connectivity index (χ1n) is 32.5. The average Bonchev–Trinajstić information content (AvgIpc) is 1.42. The largest absolute Gasteiger partial charge is 0.508 e. The molecule has 104 heavy (non-hydrogen) atoms. The first-order chi connectivity index (χ1) is 49.5. The molecule has 38 nitrogen and oxygen atoms in total. The van der Waals surface area contributed by atoms with Gasteiger partial charge in [0, 0.05) is 26.0 Å². The normalized spacial score (nSPS) is 38.1. The van der Waals surface area contributed by atoms with Gasteiger partial charge in [0.05, 0.1) is 38.6 Å². The molecule has 29 unspecified atom stereocenters. The standard InChI is InChI=1S/C66H84O38/c1-27-43(75)48(80)51(83)61(92-27)93-34-17-12-31(20-35(34)88-4)14-19-42(74)98-55-40(25-90-29(3)71)97-65(104-66(26-91-41(73)18-13-30-10-15-33(72)16-11-30)59(47(79)38(23-69)103-66)102-60(87)32-8-6-5-7-9-32)58(101-63-53(85)50(82)45(77)37(22-68)95-63)57(55)100-64-54(86)56(46(78)39(96-64)24-89-28(2)70)99-62-52(84)49(81)44(76)36(21-67)94-62/h5-20,27,36-40,43-59,61-65,67-69,72,75-86H,21-26H2,1-4H3. The molecule has 38 heteroatoms. The number of phenolic OH excluding ortho intramolecular Hbond substituents is 1. The number of methoxy groups -OCH3 is 1. The number of ether oxygens (including phenoxy) is 17. The van der Waals surface area contributed by atoms with Gasteiger partial charge in [0.25, 0.3) is 0 Å². The Hall–Kier alpha value is -7.11. The molecule has 6 saturated heterocycles. The maximum atomic E-state index is 14.8. The van der Waals surface area contributed by atoms with Gasteiger partial charge in [-0.1, -0.05) is 36.4 Å². The molecule has 29 atom stereocenters. The molecule has 0 aliphatic carbocycles. The lowest BCUT2D eigenvalue weighted by Crippen LogP contribution is -2.69. The summed E-state index contributed by atoms with van der Waals surface area (Å²) in [5.74, 6) is -9.22. The monoisotopic (exact) mass is 1480 g/mol. The molecule has 3 aromatic carbocycles. The molecule has 3 aromatic rings. The van der Waals surface area contributed by atoms with Crippen LogP contribution in [0.4, 0.5) is 0 Å². The van der Waals surface area contributed by atoms with Gasteiger partial charge in [0.15, 0.2) is 48.9 Å². The van der Waals surface area contributed by atoms with E-state index in [1.165, 1.54) is 92.9 Å². The number of carbonyl (C=O) groups excluding carboxylic acids is 5. The predicted molar refractivity (Wildman–Crippen MR) is 335 cm³/mol. The number of phenols is 1. The highest BCUT2D eigenvalue weighted by Crippen LogP contribution is 2.43. The summed E-state index contributed by atoms with van der Waals surface area (Å²) in [7, 11) is 1.22. The van der Waals surface area contributed by atoms with Crippen molar-refractivity contribution in [1.82, 2.24) is 0 Å². The zero-order valence-corrected chi connectivity index (χ0v) is 55.8. The first-order valence-corrected chi connectivity index (χ1v) is 32.5. The van der Waals surface area contributed by atoms with Crippen molar-refractivity contribution < 1.29 is 186 Å². The Bertz CT molecular complexity index is 3380. The van der Waals surface area contributed by atoms with Crippen molar-refractivity contribution in [2.75, 3.05) is 46.8 Å². The Morgan fingerprint density at radius 3 is 1.59 bits per heavy atom. The average molecular weight is 1490 g/mol. The topological polar surface area (TPSA) is 566 Å². The van der Waals surface area contributed by atoms with E-state index in [2.05, 4.69) is 0 Å². The van der Waals surface area contributed by atoms with Crippen LogP contribution in [0.15, 0.2) is 84.9 Å². The summed E-state index contributed by atoms with van der Waals surface area (Å²) in [6, 6.07) is 16.4. The fourth-order valence-electron chi connectivity index (χ4n) is 11.9. The summed E-state index contributed by atoms with van der Waals surface area (Å²) in [6.07, 6.45) is -54.3. The smallest absolute Gasteiger partial charge is 0.338 e. The van der Waals surface area contributed by atoms with Crippen LogP contribution in [0.5, 0.6) is 17.2 Å². The van der Waals surface area contributed by atoms with Crippen LogP contribution in [0.1, 0.15) is 42.3 Å². The fraction of sp³-hybridized carbons (Fsp3) is 0.591. The summed E-state index contributed by atoms with van der Waals surface area (Å²) in [5.41, 5.74) is 0.298. The number of hydrogen-bond acceptors (Lipinski definition) is 38. The second kappa shape index (κ2) is 36.0. The number of benzene rings is 3. The van der Waals surface area contributed by atoms with Crippen molar-refractivity contribution in [3.05, 3.63) is 102 Å². The SMILES string of the molecule is COc1cc(C=CC(=O)OC2C(COC(C)=O)OC(OC3(COC(=O)C=Cc4ccc(O)cc4)OC(CO)C(O)C3OC(=O)c3ccccc3)C(OC3OC(CO)C(O)C(O)C3O)C2OC2OC(COC(C)=O)C(O)C(OC3OC(CO)C(O)C(O)C3O)C2O)ccc1OC1OC(C)C(O)C(O)C1O. The minimum absolute atomic E-state index is 0.0596. The second-order valence-corrected chi connectivity index (χ2v) is 24.8. The fourth-order valence-corrected chi connectivity index (χ4v) is 11.9. The van der Waals surface area contributed by atoms with Crippen molar-refractivity contribution in [2.24, 2.45) is 0 Å². The van der Waals surface area contributed by atoms with Crippen molar-refractivity contribution in [1.29, 1.82) is 0 Å². The molecule has 0 amide bonds. The van der Waals surface area contributed by atoms with Crippen LogP contribution in [0.25, 0.3) is 12.2 Å². The molecule has 0 saturated carbocycles. The van der Waals surface area contributed by atoms with Gasteiger partial charge in [-0.05, 0) is 66.6 Å². The van der Waals surface area contributed by atoms with Gasteiger partial charge in [-0.2, -0.15) is 0 Å². The van der Waals surface area contributed by atoms with Crippen LogP contribution in [-0.2, 0) is 90.2 Å². The molecular weight excluding hydrogens is 1400 g/mol. The van der Waals surface area contributed by atoms with E-state index >= 15 is 0 Å². The van der Waals surface area contributed by atoms with Crippen molar-refractivity contribution >= 4 is 42.0 Å². The molecule has 6 aliphatic rings. The molecule has 0 bridgehead atoms. The van der Waals surface area contributed by atoms with Gasteiger partial charge in [0.2, 0.25) is 12.1 Å². The lowest BCUT2D eigenvalue weighted by molar-refractivity contribution is -0.423. The maximum Gasteiger partial charge on any atom is 0.338 e. The third-order valence-corrected chi connectivity index (χ3v) is 17.5. The minimum atomic E-state index is -3.05. The van der Waals surface area contributed by atoms with E-state index < -0.39 is 247 Å². The van der Waals surface area contributed by atoms with Gasteiger partial charge in [-0.15, -0.1) is 0 Å². The van der Waals surface area contributed by atoms with Crippen LogP contribution < -0.4 is 9.47 Å². The second-order valence-electron chi connectivity index (χ2n) is 24.8. The lowest BCUT2D eigenvalue weighted by atomic mass is 9.95. The summed E-state index contributed by atoms with van der Waals surface area (Å²) >= 11 is 0. The van der Waals surface area contributed by atoms with Gasteiger partial charge >= 0.3 is 29.8 Å². The van der Waals surface area contributed by atoms with Gasteiger partial charge < -0.3 is 162 Å². The number of aromatic hydroxyl groups is 1. The highest BCUT2D eigenvalue weighted by molar-refractivity contribution is 5.90. The zero-order chi connectivity index (χ0) is 75.6. The first kappa shape index (κ1) is 81.0. The van der Waals surface area contributed by atoms with E-state index in [0.29, 0.717) is 5.56 Å². The predicted octanol–water partition coefficient (Wildman–Crippen LogP) is -6.47. The molecule has 6 aliphatic heterocycles. The van der Waals surface area contributed by atoms with E-state index in [0.717, 1.165) is 32.1 Å². The van der Waals surface area contributed by atoms with Crippen LogP contribution in [-0.4, -0.2) is 336 Å². The quantitative estimate of drug-likeness (QED) is 0.0192. The van der Waals surface area contributed by atoms with E-state index in [-0.39, 0.29) is 28.4 Å². The van der Waals surface area contributed by atoms with E-state index in [4.69, 9.17) is 80.5 Å². The Kier molecular flexibility index (Phi) is 28.0. The highest BCUT2D eigenvalue weighted by atomic mass is 16.8. The lowest BCUT2D eigenvalue weighted by Gasteiger charge is -2.51. The highest BCUT2D eigenvalue weighted by Gasteiger charge is 2.65. The third-order valence-electron chi connectivity index (χ3n) is 17.5. The molecule has 0 radical (unpaired) electrons. The number of aliphatic hydroxyl groups is 15. The van der Waals surface area contributed by atoms with Gasteiger partial charge in [-0.25, -0.2) is 14.4 Å². The van der Waals surface area contributed by atoms with Gasteiger partial charge in [0.1, 0.15) is 148 Å². The molecule has 16 N–H and O–H groups in total. The Morgan fingerprint density at radius 2 is 0.990 bits per heavy atom. The van der Waals surface area contributed by atoms with Crippen molar-refractivity contribution in [3.63, 3.8) is 0 Å². The number of rotatable bonds is 27. The van der Waals surface area contributed by atoms with Crippen LogP contribution in [0.3, 0.4) is 0 Å². The van der Waals surface area contributed by atoms with E-state index in [1.54, 1.807) is 0 Å².